The molecule has 1 aromatic rings. The Kier molecular flexibility index (Phi) is 2.87. The summed E-state index contributed by atoms with van der Waals surface area (Å²) in [5, 5.41) is 13.7. The number of halogens is 2. The number of phenolic OH excluding ortho intramolecular Hbond substituents is 1. The van der Waals surface area contributed by atoms with Crippen molar-refractivity contribution in [3.63, 3.8) is 0 Å². The largest absolute Gasteiger partial charge is 0.505 e. The van der Waals surface area contributed by atoms with E-state index in [1.807, 2.05) is 0 Å². The average Bonchev–Trinajstić information content (AvgIpc) is 3.16. The van der Waals surface area contributed by atoms with Gasteiger partial charge in [-0.3, -0.25) is 0 Å². The molecule has 1 aromatic carbocycles. The van der Waals surface area contributed by atoms with Gasteiger partial charge in [0.2, 0.25) is 0 Å². The Bertz CT molecular complexity index is 406. The first-order chi connectivity index (χ1) is 8.15. The zero-order valence-electron chi connectivity index (χ0n) is 9.42. The summed E-state index contributed by atoms with van der Waals surface area (Å²) >= 11 is 11.8. The van der Waals surface area contributed by atoms with E-state index in [9.17, 15) is 5.11 Å². The lowest BCUT2D eigenvalue weighted by Crippen LogP contribution is -2.24. The van der Waals surface area contributed by atoms with E-state index >= 15 is 0 Å². The van der Waals surface area contributed by atoms with Crippen molar-refractivity contribution in [3.8, 4) is 5.75 Å². The van der Waals surface area contributed by atoms with Crippen LogP contribution in [0.25, 0.3) is 0 Å². The summed E-state index contributed by atoms with van der Waals surface area (Å²) in [5.74, 6) is 1.59. The van der Waals surface area contributed by atoms with Crippen molar-refractivity contribution < 1.29 is 5.11 Å². The normalized spacial score (nSPS) is 19.7. The SMILES string of the molecule is Oc1c(Cl)cc(NC(C2CC2)C2CC2)cc1Cl. The van der Waals surface area contributed by atoms with E-state index < -0.39 is 0 Å². The van der Waals surface area contributed by atoms with Crippen LogP contribution in [0.4, 0.5) is 5.69 Å². The first-order valence-corrected chi connectivity index (χ1v) is 6.85. The molecule has 17 heavy (non-hydrogen) atoms. The van der Waals surface area contributed by atoms with Crippen LogP contribution in [0.2, 0.25) is 10.0 Å². The van der Waals surface area contributed by atoms with Crippen molar-refractivity contribution in [1.82, 2.24) is 0 Å². The van der Waals surface area contributed by atoms with E-state index in [2.05, 4.69) is 5.32 Å². The number of anilines is 1. The molecule has 0 amide bonds. The minimum atomic E-state index is -0.0340. The van der Waals surface area contributed by atoms with Crippen LogP contribution >= 0.6 is 23.2 Å². The number of nitrogens with one attached hydrogen (secondary N) is 1. The molecule has 2 aliphatic carbocycles. The van der Waals surface area contributed by atoms with Crippen molar-refractivity contribution >= 4 is 28.9 Å². The van der Waals surface area contributed by atoms with E-state index in [0.717, 1.165) is 17.5 Å². The summed E-state index contributed by atoms with van der Waals surface area (Å²) in [5.41, 5.74) is 0.918. The van der Waals surface area contributed by atoms with Gasteiger partial charge in [-0.25, -0.2) is 0 Å². The molecule has 0 aromatic heterocycles. The molecular formula is C13H15Cl2NO. The first kappa shape index (κ1) is 11.5. The van der Waals surface area contributed by atoms with Gasteiger partial charge in [0.1, 0.15) is 0 Å². The molecule has 2 N–H and O–H groups in total. The quantitative estimate of drug-likeness (QED) is 0.801. The predicted octanol–water partition coefficient (Wildman–Crippen LogP) is 4.30. The molecule has 2 fully saturated rings. The van der Waals surface area contributed by atoms with E-state index in [0.29, 0.717) is 16.1 Å². The van der Waals surface area contributed by atoms with Crippen molar-refractivity contribution in [2.45, 2.75) is 31.7 Å². The average molecular weight is 272 g/mol. The van der Waals surface area contributed by atoms with Crippen molar-refractivity contribution in [2.75, 3.05) is 5.32 Å². The van der Waals surface area contributed by atoms with Crippen LogP contribution < -0.4 is 5.32 Å². The molecule has 3 rings (SSSR count). The van der Waals surface area contributed by atoms with Crippen LogP contribution in [-0.4, -0.2) is 11.1 Å². The van der Waals surface area contributed by atoms with Gasteiger partial charge in [0.05, 0.1) is 10.0 Å². The molecule has 92 valence electrons. The lowest BCUT2D eigenvalue weighted by molar-refractivity contribution is 0.476. The first-order valence-electron chi connectivity index (χ1n) is 6.09. The van der Waals surface area contributed by atoms with Gasteiger partial charge in [-0.15, -0.1) is 0 Å². The van der Waals surface area contributed by atoms with E-state index in [1.165, 1.54) is 25.7 Å². The highest BCUT2D eigenvalue weighted by Gasteiger charge is 2.41. The van der Waals surface area contributed by atoms with Gasteiger partial charge in [-0.05, 0) is 49.7 Å². The Morgan fingerprint density at radius 1 is 1.06 bits per heavy atom. The van der Waals surface area contributed by atoms with Crippen molar-refractivity contribution in [2.24, 2.45) is 11.8 Å². The monoisotopic (exact) mass is 271 g/mol. The number of rotatable bonds is 4. The zero-order chi connectivity index (χ0) is 12.0. The summed E-state index contributed by atoms with van der Waals surface area (Å²) in [6, 6.07) is 4.06. The maximum absolute atomic E-state index is 9.52. The van der Waals surface area contributed by atoms with Gasteiger partial charge in [-0.1, -0.05) is 23.2 Å². The second-order valence-electron chi connectivity index (χ2n) is 5.13. The molecule has 2 aliphatic rings. The Morgan fingerprint density at radius 3 is 1.94 bits per heavy atom. The number of phenols is 1. The van der Waals surface area contributed by atoms with Crippen molar-refractivity contribution in [1.29, 1.82) is 0 Å². The molecule has 0 bridgehead atoms. The van der Waals surface area contributed by atoms with E-state index in [4.69, 9.17) is 23.2 Å². The second kappa shape index (κ2) is 4.25. The lowest BCUT2D eigenvalue weighted by atomic mass is 10.1. The highest BCUT2D eigenvalue weighted by Crippen LogP contribution is 2.46. The number of hydrogen-bond acceptors (Lipinski definition) is 2. The third kappa shape index (κ3) is 2.48. The topological polar surface area (TPSA) is 32.3 Å². The summed E-state index contributed by atoms with van der Waals surface area (Å²) < 4.78 is 0. The third-order valence-corrected chi connectivity index (χ3v) is 4.19. The molecule has 4 heteroatoms. The summed E-state index contributed by atoms with van der Waals surface area (Å²) in [4.78, 5) is 0. The standard InChI is InChI=1S/C13H15Cl2NO/c14-10-5-9(6-11(15)13(10)17)16-12(7-1-2-7)8-3-4-8/h5-8,12,16-17H,1-4H2. The van der Waals surface area contributed by atoms with Gasteiger partial charge < -0.3 is 10.4 Å². The fourth-order valence-corrected chi connectivity index (χ4v) is 2.86. The molecule has 2 nitrogen and oxygen atoms in total. The van der Waals surface area contributed by atoms with Crippen LogP contribution in [0.5, 0.6) is 5.75 Å². The third-order valence-electron chi connectivity index (χ3n) is 3.61. The van der Waals surface area contributed by atoms with Gasteiger partial charge in [-0.2, -0.15) is 0 Å². The van der Waals surface area contributed by atoms with Gasteiger partial charge in [0, 0.05) is 11.7 Å². The Balaban J connectivity index is 1.79. The lowest BCUT2D eigenvalue weighted by Gasteiger charge is -2.19. The Hall–Kier alpha value is -0.600. The maximum Gasteiger partial charge on any atom is 0.152 e. The maximum atomic E-state index is 9.52. The molecule has 0 unspecified atom stereocenters. The van der Waals surface area contributed by atoms with Gasteiger partial charge in [0.15, 0.2) is 5.75 Å². The van der Waals surface area contributed by atoms with Crippen LogP contribution in [0, 0.1) is 11.8 Å². The summed E-state index contributed by atoms with van der Waals surface area (Å²) in [6.07, 6.45) is 5.31. The minimum Gasteiger partial charge on any atom is -0.505 e. The molecule has 2 saturated carbocycles. The predicted molar refractivity (Wildman–Crippen MR) is 71.0 cm³/mol. The molecule has 0 spiro atoms. The van der Waals surface area contributed by atoms with Gasteiger partial charge >= 0.3 is 0 Å². The fourth-order valence-electron chi connectivity index (χ4n) is 2.37. The molecule has 0 heterocycles. The molecule has 0 saturated heterocycles. The molecular weight excluding hydrogens is 257 g/mol. The zero-order valence-corrected chi connectivity index (χ0v) is 10.9. The van der Waals surface area contributed by atoms with E-state index in [-0.39, 0.29) is 5.75 Å². The van der Waals surface area contributed by atoms with E-state index in [1.54, 1.807) is 12.1 Å². The summed E-state index contributed by atoms with van der Waals surface area (Å²) in [6.45, 7) is 0. The second-order valence-corrected chi connectivity index (χ2v) is 5.95. The number of aromatic hydroxyl groups is 1. The highest BCUT2D eigenvalue weighted by atomic mass is 35.5. The van der Waals surface area contributed by atoms with Crippen molar-refractivity contribution in [3.05, 3.63) is 22.2 Å². The van der Waals surface area contributed by atoms with Crippen LogP contribution in [-0.2, 0) is 0 Å². The number of hydrogen-bond donors (Lipinski definition) is 2. The van der Waals surface area contributed by atoms with Crippen LogP contribution in [0.1, 0.15) is 25.7 Å². The minimum absolute atomic E-state index is 0.0340. The highest BCUT2D eigenvalue weighted by molar-refractivity contribution is 6.37. The Labute approximate surface area is 111 Å². The molecule has 0 aliphatic heterocycles. The summed E-state index contributed by atoms with van der Waals surface area (Å²) in [7, 11) is 0. The fraction of sp³-hybridized carbons (Fsp3) is 0.538. The Morgan fingerprint density at radius 2 is 1.53 bits per heavy atom. The van der Waals surface area contributed by atoms with Crippen LogP contribution in [0.15, 0.2) is 12.1 Å². The smallest absolute Gasteiger partial charge is 0.152 e. The van der Waals surface area contributed by atoms with Gasteiger partial charge in [0.25, 0.3) is 0 Å². The number of benzene rings is 1. The molecule has 0 radical (unpaired) electrons. The van der Waals surface area contributed by atoms with Crippen LogP contribution in [0.3, 0.4) is 0 Å². The molecule has 0 atom stereocenters.